The lowest BCUT2D eigenvalue weighted by Gasteiger charge is -2.28. The lowest BCUT2D eigenvalue weighted by Crippen LogP contribution is -2.48. The second-order valence-electron chi connectivity index (χ2n) is 6.93. The molecule has 0 aliphatic carbocycles. The first-order valence-corrected chi connectivity index (χ1v) is 8.42. The summed E-state index contributed by atoms with van der Waals surface area (Å²) < 4.78 is 23.8. The molecule has 0 aromatic heterocycles. The van der Waals surface area contributed by atoms with Gasteiger partial charge in [0.1, 0.15) is 29.8 Å². The quantitative estimate of drug-likeness (QED) is 0.828. The molecule has 0 radical (unpaired) electrons. The molecule has 25 heavy (non-hydrogen) atoms. The minimum atomic E-state index is -0.598. The summed E-state index contributed by atoms with van der Waals surface area (Å²) >= 11 is 0. The summed E-state index contributed by atoms with van der Waals surface area (Å²) in [6, 6.07) is 5.29. The van der Waals surface area contributed by atoms with Crippen molar-refractivity contribution in [2.45, 2.75) is 45.3 Å². The molecule has 0 spiro atoms. The van der Waals surface area contributed by atoms with E-state index in [1.807, 2.05) is 0 Å². The van der Waals surface area contributed by atoms with Crippen molar-refractivity contribution in [3.63, 3.8) is 0 Å². The fourth-order valence-corrected chi connectivity index (χ4v) is 2.60. The second-order valence-corrected chi connectivity index (χ2v) is 6.93. The van der Waals surface area contributed by atoms with Gasteiger partial charge < -0.3 is 14.8 Å². The third-order valence-corrected chi connectivity index (χ3v) is 3.65. The molecular weight excluding hydrogens is 327 g/mol. The van der Waals surface area contributed by atoms with Crippen LogP contribution in [0.15, 0.2) is 24.3 Å². The molecular formula is C18H25FN2O4. The van der Waals surface area contributed by atoms with Gasteiger partial charge in [-0.2, -0.15) is 0 Å². The van der Waals surface area contributed by atoms with Gasteiger partial charge in [0.2, 0.25) is 5.91 Å². The Kier molecular flexibility index (Phi) is 6.22. The van der Waals surface area contributed by atoms with Crippen LogP contribution < -0.4 is 10.1 Å². The highest BCUT2D eigenvalue weighted by Gasteiger charge is 2.36. The van der Waals surface area contributed by atoms with Crippen LogP contribution in [0.25, 0.3) is 0 Å². The maximum Gasteiger partial charge on any atom is 0.410 e. The average molecular weight is 352 g/mol. The van der Waals surface area contributed by atoms with Crippen molar-refractivity contribution in [3.05, 3.63) is 30.1 Å². The number of nitrogens with zero attached hydrogens (tertiary/aromatic N) is 1. The van der Waals surface area contributed by atoms with Gasteiger partial charge in [-0.1, -0.05) is 6.07 Å². The molecule has 7 heteroatoms. The van der Waals surface area contributed by atoms with E-state index in [-0.39, 0.29) is 24.9 Å². The third kappa shape index (κ3) is 5.92. The molecule has 1 N–H and O–H groups in total. The summed E-state index contributed by atoms with van der Waals surface area (Å²) in [5.74, 6) is -0.197. The smallest absolute Gasteiger partial charge is 0.410 e. The van der Waals surface area contributed by atoms with E-state index in [1.165, 1.54) is 17.0 Å². The predicted octanol–water partition coefficient (Wildman–Crippen LogP) is 2.72. The molecule has 2 rings (SSSR count). The number of halogens is 1. The Labute approximate surface area is 147 Å². The highest BCUT2D eigenvalue weighted by Crippen LogP contribution is 2.21. The van der Waals surface area contributed by atoms with Crippen molar-refractivity contribution in [3.8, 4) is 5.75 Å². The Balaban J connectivity index is 1.78. The highest BCUT2D eigenvalue weighted by molar-refractivity contribution is 5.86. The second kappa shape index (κ2) is 8.18. The number of nitrogens with one attached hydrogen (secondary N) is 1. The zero-order valence-corrected chi connectivity index (χ0v) is 14.9. The first-order valence-electron chi connectivity index (χ1n) is 8.42. The van der Waals surface area contributed by atoms with Gasteiger partial charge in [0, 0.05) is 12.6 Å². The van der Waals surface area contributed by atoms with Crippen LogP contribution in [-0.4, -0.2) is 48.2 Å². The summed E-state index contributed by atoms with van der Waals surface area (Å²) in [6.45, 7) is 6.37. The molecule has 0 saturated carbocycles. The Morgan fingerprint density at radius 2 is 2.12 bits per heavy atom. The van der Waals surface area contributed by atoms with E-state index in [4.69, 9.17) is 9.47 Å². The van der Waals surface area contributed by atoms with E-state index in [0.29, 0.717) is 18.7 Å². The normalized spacial score (nSPS) is 17.3. The van der Waals surface area contributed by atoms with E-state index in [9.17, 15) is 14.0 Å². The monoisotopic (exact) mass is 352 g/mol. The fraction of sp³-hybridized carbons (Fsp3) is 0.556. The zero-order chi connectivity index (χ0) is 18.4. The van der Waals surface area contributed by atoms with Crippen LogP contribution in [0.2, 0.25) is 0 Å². The Morgan fingerprint density at radius 3 is 2.80 bits per heavy atom. The van der Waals surface area contributed by atoms with Crippen LogP contribution in [0.5, 0.6) is 5.75 Å². The van der Waals surface area contributed by atoms with Crippen LogP contribution in [0, 0.1) is 5.82 Å². The largest absolute Gasteiger partial charge is 0.492 e. The third-order valence-electron chi connectivity index (χ3n) is 3.65. The topological polar surface area (TPSA) is 67.9 Å². The van der Waals surface area contributed by atoms with Gasteiger partial charge in [0.25, 0.3) is 0 Å². The molecule has 1 aromatic rings. The maximum absolute atomic E-state index is 13.0. The molecule has 1 unspecified atom stereocenters. The van der Waals surface area contributed by atoms with Crippen molar-refractivity contribution in [1.29, 1.82) is 0 Å². The number of carbonyl (C=O) groups is 2. The molecule has 1 atom stereocenters. The number of amides is 2. The molecule has 1 aromatic carbocycles. The summed E-state index contributed by atoms with van der Waals surface area (Å²) in [4.78, 5) is 26.0. The fourth-order valence-electron chi connectivity index (χ4n) is 2.60. The minimum absolute atomic E-state index is 0.217. The van der Waals surface area contributed by atoms with Crippen LogP contribution in [0.3, 0.4) is 0 Å². The SMILES string of the molecule is CC(C)(C)OC(=O)N1CCCC1C(=O)NCCOc1cccc(F)c1. The summed E-state index contributed by atoms with van der Waals surface area (Å²) in [6.07, 6.45) is 0.897. The molecule has 1 aliphatic rings. The van der Waals surface area contributed by atoms with Gasteiger partial charge in [-0.15, -0.1) is 0 Å². The van der Waals surface area contributed by atoms with Gasteiger partial charge in [0.05, 0.1) is 6.54 Å². The standard InChI is InChI=1S/C18H25FN2O4/c1-18(2,3)25-17(23)21-10-5-8-15(21)16(22)20-9-11-24-14-7-4-6-13(19)12-14/h4,6-7,12,15H,5,8-11H2,1-3H3,(H,20,22). The van der Waals surface area contributed by atoms with E-state index < -0.39 is 17.7 Å². The number of rotatable bonds is 5. The molecule has 1 fully saturated rings. The van der Waals surface area contributed by atoms with Crippen molar-refractivity contribution in [2.75, 3.05) is 19.7 Å². The van der Waals surface area contributed by atoms with Crippen LogP contribution in [0.4, 0.5) is 9.18 Å². The van der Waals surface area contributed by atoms with Gasteiger partial charge in [-0.05, 0) is 45.7 Å². The molecule has 1 saturated heterocycles. The zero-order valence-electron chi connectivity index (χ0n) is 14.9. The maximum atomic E-state index is 13.0. The minimum Gasteiger partial charge on any atom is -0.492 e. The number of ether oxygens (including phenoxy) is 2. The highest BCUT2D eigenvalue weighted by atomic mass is 19.1. The lowest BCUT2D eigenvalue weighted by molar-refractivity contribution is -0.125. The number of likely N-dealkylation sites (tertiary alicyclic amines) is 1. The van der Waals surface area contributed by atoms with Crippen molar-refractivity contribution in [1.82, 2.24) is 10.2 Å². The van der Waals surface area contributed by atoms with Crippen LogP contribution >= 0.6 is 0 Å². The summed E-state index contributed by atoms with van der Waals surface area (Å²) in [7, 11) is 0. The molecule has 1 heterocycles. The number of carbonyl (C=O) groups excluding carboxylic acids is 2. The molecule has 138 valence electrons. The van der Waals surface area contributed by atoms with Gasteiger partial charge in [-0.25, -0.2) is 9.18 Å². The summed E-state index contributed by atoms with van der Waals surface area (Å²) in [5.41, 5.74) is -0.598. The predicted molar refractivity (Wildman–Crippen MR) is 90.9 cm³/mol. The van der Waals surface area contributed by atoms with Gasteiger partial charge >= 0.3 is 6.09 Å². The molecule has 0 bridgehead atoms. The van der Waals surface area contributed by atoms with Crippen molar-refractivity contribution in [2.24, 2.45) is 0 Å². The van der Waals surface area contributed by atoms with Gasteiger partial charge in [0.15, 0.2) is 0 Å². The van der Waals surface area contributed by atoms with E-state index in [2.05, 4.69) is 5.32 Å². The van der Waals surface area contributed by atoms with Crippen molar-refractivity contribution < 1.29 is 23.5 Å². The van der Waals surface area contributed by atoms with E-state index in [1.54, 1.807) is 32.9 Å². The lowest BCUT2D eigenvalue weighted by atomic mass is 10.2. The first kappa shape index (κ1) is 19.0. The van der Waals surface area contributed by atoms with Crippen LogP contribution in [0.1, 0.15) is 33.6 Å². The van der Waals surface area contributed by atoms with Crippen LogP contribution in [-0.2, 0) is 9.53 Å². The van der Waals surface area contributed by atoms with E-state index >= 15 is 0 Å². The van der Waals surface area contributed by atoms with E-state index in [0.717, 1.165) is 6.42 Å². The van der Waals surface area contributed by atoms with Gasteiger partial charge in [-0.3, -0.25) is 9.69 Å². The first-order chi connectivity index (χ1) is 11.8. The Hall–Kier alpha value is -2.31. The number of hydrogen-bond donors (Lipinski definition) is 1. The average Bonchev–Trinajstić information content (AvgIpc) is 2.99. The number of hydrogen-bond acceptors (Lipinski definition) is 4. The molecule has 6 nitrogen and oxygen atoms in total. The molecule has 2 amide bonds. The number of benzene rings is 1. The van der Waals surface area contributed by atoms with Crippen molar-refractivity contribution >= 4 is 12.0 Å². The summed E-state index contributed by atoms with van der Waals surface area (Å²) in [5, 5.41) is 2.75. The Morgan fingerprint density at radius 1 is 1.36 bits per heavy atom. The molecule has 1 aliphatic heterocycles. The Bertz CT molecular complexity index is 615.